The molecule has 7 rings (SSSR count). The van der Waals surface area contributed by atoms with Crippen LogP contribution in [0.15, 0.2) is 115 Å². The highest BCUT2D eigenvalue weighted by Gasteiger charge is 2.18. The zero-order valence-corrected chi connectivity index (χ0v) is 22.9. The summed E-state index contributed by atoms with van der Waals surface area (Å²) in [5, 5.41) is 5.33. The fourth-order valence-electron chi connectivity index (χ4n) is 6.69. The van der Waals surface area contributed by atoms with Gasteiger partial charge in [0.25, 0.3) is 0 Å². The van der Waals surface area contributed by atoms with Crippen LogP contribution in [0.2, 0.25) is 0 Å². The van der Waals surface area contributed by atoms with Crippen LogP contribution in [0.1, 0.15) is 49.7 Å². The number of aromatic nitrogens is 2. The predicted octanol–water partition coefficient (Wildman–Crippen LogP) is 10.1. The minimum atomic E-state index is 0.477. The van der Waals surface area contributed by atoms with Gasteiger partial charge in [-0.05, 0) is 78.3 Å². The Balaban J connectivity index is 1.19. The molecule has 2 aromatic heterocycles. The SMILES string of the molecule is CCC(CC(C)c1ccc(-n2c3ccccc3c3ccccc32)cc1)c1ccc2c(c1)c1ccccc1n2C. The molecule has 0 radical (unpaired) electrons. The lowest BCUT2D eigenvalue weighted by Gasteiger charge is -2.21. The first-order chi connectivity index (χ1) is 19.1. The summed E-state index contributed by atoms with van der Waals surface area (Å²) in [6.45, 7) is 4.71. The number of fused-ring (bicyclic) bond motifs is 6. The topological polar surface area (TPSA) is 9.86 Å². The Morgan fingerprint density at radius 2 is 1.08 bits per heavy atom. The third kappa shape index (κ3) is 3.86. The van der Waals surface area contributed by atoms with E-state index in [1.54, 1.807) is 0 Å². The van der Waals surface area contributed by atoms with Crippen molar-refractivity contribution in [2.24, 2.45) is 7.05 Å². The fraction of sp³-hybridized carbons (Fsp3) is 0.189. The summed E-state index contributed by atoms with van der Waals surface area (Å²) in [4.78, 5) is 0. The molecule has 0 fully saturated rings. The highest BCUT2D eigenvalue weighted by molar-refractivity contribution is 6.09. The summed E-state index contributed by atoms with van der Waals surface area (Å²) in [7, 11) is 2.17. The van der Waals surface area contributed by atoms with Gasteiger partial charge in [0.1, 0.15) is 0 Å². The lowest BCUT2D eigenvalue weighted by Crippen LogP contribution is -2.04. The Bertz CT molecular complexity index is 1900. The Morgan fingerprint density at radius 1 is 0.564 bits per heavy atom. The standard InChI is InChI=1S/C37H34N2/c1-4-26(28-19-22-35-33(24-28)32-13-5-8-14-34(32)38(35)3)23-25(2)27-17-20-29(21-18-27)39-36-15-9-6-11-30(36)31-12-7-10-16-37(31)39/h5-22,24-26H,4,23H2,1-3H3. The van der Waals surface area contributed by atoms with E-state index < -0.39 is 0 Å². The maximum atomic E-state index is 2.45. The van der Waals surface area contributed by atoms with Crippen LogP contribution in [0, 0.1) is 0 Å². The van der Waals surface area contributed by atoms with Crippen molar-refractivity contribution in [2.75, 3.05) is 0 Å². The molecule has 0 aliphatic rings. The van der Waals surface area contributed by atoms with Gasteiger partial charge in [0.15, 0.2) is 0 Å². The number of benzene rings is 5. The number of para-hydroxylation sites is 3. The average Bonchev–Trinajstić information content (AvgIpc) is 3.48. The molecule has 192 valence electrons. The second-order valence-electron chi connectivity index (χ2n) is 11.1. The first-order valence-electron chi connectivity index (χ1n) is 14.2. The Labute approximate surface area is 230 Å². The van der Waals surface area contributed by atoms with Crippen LogP contribution < -0.4 is 0 Å². The van der Waals surface area contributed by atoms with E-state index in [1.165, 1.54) is 60.4 Å². The minimum Gasteiger partial charge on any atom is -0.344 e. The number of hydrogen-bond acceptors (Lipinski definition) is 0. The average molecular weight is 507 g/mol. The highest BCUT2D eigenvalue weighted by Crippen LogP contribution is 2.37. The van der Waals surface area contributed by atoms with E-state index in [9.17, 15) is 0 Å². The molecule has 0 aliphatic carbocycles. The molecule has 2 atom stereocenters. The van der Waals surface area contributed by atoms with Gasteiger partial charge >= 0.3 is 0 Å². The van der Waals surface area contributed by atoms with E-state index in [0.29, 0.717) is 11.8 Å². The van der Waals surface area contributed by atoms with E-state index in [4.69, 9.17) is 0 Å². The Hall–Kier alpha value is -4.30. The smallest absolute Gasteiger partial charge is 0.0541 e. The number of aryl methyl sites for hydroxylation is 1. The quantitative estimate of drug-likeness (QED) is 0.212. The summed E-state index contributed by atoms with van der Waals surface area (Å²) in [6, 6.07) is 42.6. The molecule has 0 saturated heterocycles. The van der Waals surface area contributed by atoms with Gasteiger partial charge in [-0.3, -0.25) is 0 Å². The van der Waals surface area contributed by atoms with Crippen molar-refractivity contribution < 1.29 is 0 Å². The lowest BCUT2D eigenvalue weighted by atomic mass is 9.84. The van der Waals surface area contributed by atoms with Gasteiger partial charge in [-0.1, -0.05) is 86.6 Å². The molecule has 0 saturated carbocycles. The maximum absolute atomic E-state index is 2.45. The van der Waals surface area contributed by atoms with Crippen LogP contribution in [0.25, 0.3) is 49.3 Å². The first-order valence-corrected chi connectivity index (χ1v) is 14.2. The molecule has 2 unspecified atom stereocenters. The minimum absolute atomic E-state index is 0.477. The van der Waals surface area contributed by atoms with E-state index >= 15 is 0 Å². The van der Waals surface area contributed by atoms with Gasteiger partial charge in [-0.2, -0.15) is 0 Å². The lowest BCUT2D eigenvalue weighted by molar-refractivity contribution is 0.545. The molecule has 2 nitrogen and oxygen atoms in total. The van der Waals surface area contributed by atoms with Crippen molar-refractivity contribution in [3.8, 4) is 5.69 Å². The second-order valence-corrected chi connectivity index (χ2v) is 11.1. The summed E-state index contributed by atoms with van der Waals surface area (Å²) in [5.74, 6) is 1.01. The molecular weight excluding hydrogens is 472 g/mol. The normalized spacial score (nSPS) is 13.5. The third-order valence-electron chi connectivity index (χ3n) is 8.84. The molecule has 2 heteroatoms. The zero-order valence-electron chi connectivity index (χ0n) is 22.9. The molecular formula is C37H34N2. The molecule has 0 amide bonds. The van der Waals surface area contributed by atoms with Gasteiger partial charge in [-0.25, -0.2) is 0 Å². The van der Waals surface area contributed by atoms with Gasteiger partial charge in [-0.15, -0.1) is 0 Å². The van der Waals surface area contributed by atoms with Crippen LogP contribution >= 0.6 is 0 Å². The van der Waals surface area contributed by atoms with Crippen LogP contribution in [-0.2, 0) is 7.05 Å². The number of nitrogens with zero attached hydrogens (tertiary/aromatic N) is 2. The van der Waals surface area contributed by atoms with Gasteiger partial charge in [0, 0.05) is 45.3 Å². The molecule has 0 bridgehead atoms. The van der Waals surface area contributed by atoms with E-state index in [-0.39, 0.29) is 0 Å². The predicted molar refractivity (Wildman–Crippen MR) is 167 cm³/mol. The van der Waals surface area contributed by atoms with E-state index in [1.807, 2.05) is 0 Å². The largest absolute Gasteiger partial charge is 0.344 e. The monoisotopic (exact) mass is 506 g/mol. The molecule has 0 N–H and O–H groups in total. The molecule has 5 aromatic carbocycles. The Morgan fingerprint density at radius 3 is 1.69 bits per heavy atom. The van der Waals surface area contributed by atoms with Crippen molar-refractivity contribution in [1.82, 2.24) is 9.13 Å². The van der Waals surface area contributed by atoms with Crippen LogP contribution in [0.4, 0.5) is 0 Å². The highest BCUT2D eigenvalue weighted by atomic mass is 15.0. The first kappa shape index (κ1) is 23.8. The van der Waals surface area contributed by atoms with Crippen LogP contribution in [0.5, 0.6) is 0 Å². The van der Waals surface area contributed by atoms with Crippen molar-refractivity contribution in [3.63, 3.8) is 0 Å². The van der Waals surface area contributed by atoms with Gasteiger partial charge in [0.05, 0.1) is 11.0 Å². The molecule has 7 aromatic rings. The second kappa shape index (κ2) is 9.47. The van der Waals surface area contributed by atoms with E-state index in [0.717, 1.165) is 12.8 Å². The summed E-state index contributed by atoms with van der Waals surface area (Å²) >= 11 is 0. The zero-order chi connectivity index (χ0) is 26.5. The number of rotatable bonds is 6. The van der Waals surface area contributed by atoms with Crippen molar-refractivity contribution in [2.45, 2.75) is 38.5 Å². The molecule has 0 spiro atoms. The summed E-state index contributed by atoms with van der Waals surface area (Å²) in [6.07, 6.45) is 2.28. The fourth-order valence-corrected chi connectivity index (χ4v) is 6.69. The Kier molecular flexibility index (Phi) is 5.77. The molecule has 2 heterocycles. The van der Waals surface area contributed by atoms with Crippen molar-refractivity contribution in [3.05, 3.63) is 126 Å². The van der Waals surface area contributed by atoms with Crippen LogP contribution in [-0.4, -0.2) is 9.13 Å². The summed E-state index contributed by atoms with van der Waals surface area (Å²) in [5.41, 5.74) is 9.21. The van der Waals surface area contributed by atoms with Gasteiger partial charge in [0.2, 0.25) is 0 Å². The van der Waals surface area contributed by atoms with Crippen molar-refractivity contribution in [1.29, 1.82) is 0 Å². The van der Waals surface area contributed by atoms with Gasteiger partial charge < -0.3 is 9.13 Å². The van der Waals surface area contributed by atoms with Crippen molar-refractivity contribution >= 4 is 43.6 Å². The van der Waals surface area contributed by atoms with E-state index in [2.05, 4.69) is 145 Å². The van der Waals surface area contributed by atoms with Crippen LogP contribution in [0.3, 0.4) is 0 Å². The number of hydrogen-bond donors (Lipinski definition) is 0. The molecule has 39 heavy (non-hydrogen) atoms. The maximum Gasteiger partial charge on any atom is 0.0541 e. The summed E-state index contributed by atoms with van der Waals surface area (Å²) < 4.78 is 4.71. The molecule has 0 aliphatic heterocycles. The third-order valence-corrected chi connectivity index (χ3v) is 8.84.